The van der Waals surface area contributed by atoms with E-state index in [1.807, 2.05) is 0 Å². The third-order valence-electron chi connectivity index (χ3n) is 6.19. The summed E-state index contributed by atoms with van der Waals surface area (Å²) in [7, 11) is 0. The molecule has 1 saturated heterocycles. The van der Waals surface area contributed by atoms with Crippen molar-refractivity contribution in [1.29, 1.82) is 0 Å². The van der Waals surface area contributed by atoms with Gasteiger partial charge in [-0.1, -0.05) is 18.2 Å². The zero-order valence-corrected chi connectivity index (χ0v) is 19.9. The van der Waals surface area contributed by atoms with Gasteiger partial charge in [0.1, 0.15) is 34.9 Å². The van der Waals surface area contributed by atoms with Gasteiger partial charge in [-0.2, -0.15) is 5.10 Å². The zero-order valence-electron chi connectivity index (χ0n) is 19.1. The van der Waals surface area contributed by atoms with E-state index in [1.165, 1.54) is 42.1 Å². The Balaban J connectivity index is 1.56. The van der Waals surface area contributed by atoms with Gasteiger partial charge in [-0.3, -0.25) is 4.79 Å². The average Bonchev–Trinajstić information content (AvgIpc) is 3.28. The van der Waals surface area contributed by atoms with E-state index in [0.717, 1.165) is 25.0 Å². The van der Waals surface area contributed by atoms with Crippen LogP contribution in [0.5, 0.6) is 0 Å². The molecule has 3 heterocycles. The molecule has 36 heavy (non-hydrogen) atoms. The van der Waals surface area contributed by atoms with Gasteiger partial charge in [0.25, 0.3) is 0 Å². The lowest BCUT2D eigenvalue weighted by Gasteiger charge is -2.31. The first-order valence-electron chi connectivity index (χ1n) is 11.2. The van der Waals surface area contributed by atoms with Gasteiger partial charge in [-0.25, -0.2) is 23.4 Å². The van der Waals surface area contributed by atoms with Crippen LogP contribution in [0.4, 0.5) is 14.6 Å². The summed E-state index contributed by atoms with van der Waals surface area (Å²) >= 11 is -1.32. The number of nitrogens with two attached hydrogens (primary N) is 1. The third kappa shape index (κ3) is 4.36. The van der Waals surface area contributed by atoms with Crippen LogP contribution in [0.15, 0.2) is 60.8 Å². The molecule has 2 atom stereocenters. The van der Waals surface area contributed by atoms with E-state index >= 15 is 4.39 Å². The summed E-state index contributed by atoms with van der Waals surface area (Å²) in [5.41, 5.74) is 7.16. The highest BCUT2D eigenvalue weighted by molar-refractivity contribution is 7.92. The van der Waals surface area contributed by atoms with Crippen molar-refractivity contribution in [1.82, 2.24) is 24.1 Å². The van der Waals surface area contributed by atoms with Gasteiger partial charge < -0.3 is 10.3 Å². The molecule has 8 nitrogen and oxygen atoms in total. The summed E-state index contributed by atoms with van der Waals surface area (Å²) in [6.45, 7) is 4.71. The molecule has 0 saturated carbocycles. The molecule has 2 aromatic carbocycles. The molecule has 5 rings (SSSR count). The van der Waals surface area contributed by atoms with E-state index in [4.69, 9.17) is 5.73 Å². The lowest BCUT2D eigenvalue weighted by atomic mass is 10.00. The maximum Gasteiger partial charge on any atom is 0.193 e. The monoisotopic (exact) mass is 508 g/mol. The van der Waals surface area contributed by atoms with Crippen molar-refractivity contribution in [3.05, 3.63) is 83.5 Å². The van der Waals surface area contributed by atoms with Crippen molar-refractivity contribution in [2.24, 2.45) is 0 Å². The second-order valence-electron chi connectivity index (χ2n) is 8.41. The first kappa shape index (κ1) is 24.0. The van der Waals surface area contributed by atoms with E-state index in [1.54, 1.807) is 8.99 Å². The van der Waals surface area contributed by atoms with Crippen LogP contribution in [0.3, 0.4) is 0 Å². The Morgan fingerprint density at radius 1 is 1.19 bits per heavy atom. The number of hydrogen-bond acceptors (Lipinski definition) is 7. The molecule has 0 bridgehead atoms. The number of ketones is 1. The molecule has 0 aliphatic carbocycles. The molecular weight excluding hydrogens is 486 g/mol. The van der Waals surface area contributed by atoms with Crippen LogP contribution in [-0.4, -0.2) is 47.5 Å². The molecule has 2 N–H and O–H groups in total. The van der Waals surface area contributed by atoms with Gasteiger partial charge in [-0.05, 0) is 43.7 Å². The molecule has 0 spiro atoms. The van der Waals surface area contributed by atoms with Crippen LogP contribution >= 0.6 is 0 Å². The van der Waals surface area contributed by atoms with Gasteiger partial charge in [0.15, 0.2) is 11.4 Å². The molecule has 2 aromatic heterocycles. The predicted octanol–water partition coefficient (Wildman–Crippen LogP) is 4.03. The van der Waals surface area contributed by atoms with Crippen LogP contribution < -0.4 is 5.73 Å². The highest BCUT2D eigenvalue weighted by atomic mass is 32.2. The summed E-state index contributed by atoms with van der Waals surface area (Å²) in [4.78, 5) is 21.2. The Bertz CT molecular complexity index is 1480. The third-order valence-corrected chi connectivity index (χ3v) is 7.32. The Morgan fingerprint density at radius 3 is 2.75 bits per heavy atom. The Hall–Kier alpha value is -3.67. The summed E-state index contributed by atoms with van der Waals surface area (Å²) in [6.07, 6.45) is 2.86. The van der Waals surface area contributed by atoms with Gasteiger partial charge >= 0.3 is 0 Å². The van der Waals surface area contributed by atoms with Gasteiger partial charge in [0, 0.05) is 23.2 Å². The minimum Gasteiger partial charge on any atom is -0.593 e. The number of nitrogens with zero attached hydrogens (tertiary/aromatic N) is 5. The van der Waals surface area contributed by atoms with Crippen molar-refractivity contribution >= 4 is 34.0 Å². The first-order valence-corrected chi connectivity index (χ1v) is 12.4. The fourth-order valence-corrected chi connectivity index (χ4v) is 5.31. The maximum absolute atomic E-state index is 15.4. The van der Waals surface area contributed by atoms with Crippen LogP contribution in [0.2, 0.25) is 0 Å². The Morgan fingerprint density at radius 2 is 2.00 bits per heavy atom. The molecule has 1 aliphatic rings. The quantitative estimate of drug-likeness (QED) is 0.309. The highest BCUT2D eigenvalue weighted by Crippen LogP contribution is 2.35. The second-order valence-corrected chi connectivity index (χ2v) is 9.81. The number of benzene rings is 2. The molecule has 0 amide bonds. The second kappa shape index (κ2) is 9.76. The fraction of sp³-hybridized carbons (Fsp3) is 0.200. The molecule has 1 aliphatic heterocycles. The van der Waals surface area contributed by atoms with E-state index in [0.29, 0.717) is 24.1 Å². The molecular formula is C25H22F2N6O2S. The van der Waals surface area contributed by atoms with E-state index in [2.05, 4.69) is 21.6 Å². The van der Waals surface area contributed by atoms with E-state index in [-0.39, 0.29) is 34.2 Å². The van der Waals surface area contributed by atoms with Gasteiger partial charge in [-0.15, -0.1) is 4.31 Å². The van der Waals surface area contributed by atoms with Crippen LogP contribution in [0.1, 0.15) is 34.8 Å². The summed E-state index contributed by atoms with van der Waals surface area (Å²) < 4.78 is 44.7. The number of hydrogen-bond donors (Lipinski definition) is 1. The number of carbonyl (C=O) groups excluding carboxylic acids is 1. The number of halogens is 2. The normalized spacial score (nSPS) is 17.2. The summed E-state index contributed by atoms with van der Waals surface area (Å²) in [5, 5.41) is 6.45. The summed E-state index contributed by atoms with van der Waals surface area (Å²) in [5.74, 6) is -1.60. The number of fused-ring (bicyclic) bond motifs is 1. The maximum atomic E-state index is 15.4. The molecule has 11 heteroatoms. The first-order chi connectivity index (χ1) is 17.4. The van der Waals surface area contributed by atoms with Crippen LogP contribution in [0, 0.1) is 11.6 Å². The fourth-order valence-electron chi connectivity index (χ4n) is 4.47. The SMILES string of the molecule is C=C[S+]([O-])N1CCCC(n2nc(-c3ccc(C(=O)c4cccc(F)c4)cc3F)c3c(N)ncnc32)C1. The molecule has 2 unspecified atom stereocenters. The van der Waals surface area contributed by atoms with Crippen molar-refractivity contribution in [3.63, 3.8) is 0 Å². The topological polar surface area (TPSA) is 113 Å². The van der Waals surface area contributed by atoms with E-state index < -0.39 is 28.8 Å². The Labute approximate surface area is 208 Å². The number of carbonyl (C=O) groups is 1. The minimum absolute atomic E-state index is 0.0737. The number of nitrogen functional groups attached to an aromatic ring is 1. The largest absolute Gasteiger partial charge is 0.593 e. The van der Waals surface area contributed by atoms with E-state index in [9.17, 15) is 13.7 Å². The van der Waals surface area contributed by atoms with Crippen LogP contribution in [0.25, 0.3) is 22.3 Å². The molecule has 184 valence electrons. The predicted molar refractivity (Wildman–Crippen MR) is 133 cm³/mol. The van der Waals surface area contributed by atoms with Crippen molar-refractivity contribution in [2.45, 2.75) is 18.9 Å². The minimum atomic E-state index is -1.32. The van der Waals surface area contributed by atoms with Crippen molar-refractivity contribution in [2.75, 3.05) is 18.8 Å². The molecule has 0 radical (unpaired) electrons. The molecule has 4 aromatic rings. The summed E-state index contributed by atoms with van der Waals surface area (Å²) in [6, 6.07) is 9.06. The van der Waals surface area contributed by atoms with Gasteiger partial charge in [0.2, 0.25) is 0 Å². The van der Waals surface area contributed by atoms with Gasteiger partial charge in [0.05, 0.1) is 29.3 Å². The lowest BCUT2D eigenvalue weighted by molar-refractivity contribution is 0.103. The lowest BCUT2D eigenvalue weighted by Crippen LogP contribution is -2.40. The van der Waals surface area contributed by atoms with Crippen molar-refractivity contribution in [3.8, 4) is 11.3 Å². The number of rotatable bonds is 6. The van der Waals surface area contributed by atoms with Crippen molar-refractivity contribution < 1.29 is 18.1 Å². The average molecular weight is 509 g/mol. The standard InChI is InChI=1S/C25H22F2N6O2S/c1-2-36(35)32-10-4-7-18(13-32)33-25-21(24(28)29-14-30-25)22(31-33)19-9-8-16(12-20(19)27)23(34)15-5-3-6-17(26)11-15/h2-3,5-6,8-9,11-12,14,18H,1,4,7,10,13H2,(H2,28,29,30). The highest BCUT2D eigenvalue weighted by Gasteiger charge is 2.31. The zero-order chi connectivity index (χ0) is 25.4. The number of piperidine rings is 1. The van der Waals surface area contributed by atoms with Crippen LogP contribution in [-0.2, 0) is 11.4 Å². The Kier molecular flexibility index (Phi) is 6.52. The number of aromatic nitrogens is 4. The number of anilines is 1. The smallest absolute Gasteiger partial charge is 0.193 e. The molecule has 1 fully saturated rings.